The molecule has 1 aliphatic carbocycles. The van der Waals surface area contributed by atoms with Crippen LogP contribution in [0.1, 0.15) is 34.0 Å². The quantitative estimate of drug-likeness (QED) is 0.335. The van der Waals surface area contributed by atoms with E-state index < -0.39 is 33.5 Å². The summed E-state index contributed by atoms with van der Waals surface area (Å²) in [5, 5.41) is 0.0955. The number of alkyl halides is 1. The van der Waals surface area contributed by atoms with E-state index in [2.05, 4.69) is 8.75 Å². The summed E-state index contributed by atoms with van der Waals surface area (Å²) in [6.45, 7) is 2.87. The first kappa shape index (κ1) is 24.9. The molecular weight excluding hydrogens is 525 g/mol. The molecule has 0 amide bonds. The Morgan fingerprint density at radius 1 is 1.06 bits per heavy atom. The molecule has 4 aromatic rings. The molecule has 3 heterocycles. The van der Waals surface area contributed by atoms with Gasteiger partial charge in [0.1, 0.15) is 6.67 Å². The molecule has 5 rings (SSSR count). The summed E-state index contributed by atoms with van der Waals surface area (Å²) in [6, 6.07) is 7.70. The van der Waals surface area contributed by atoms with Crippen LogP contribution in [0.4, 0.5) is 4.39 Å². The third-order valence-corrected chi connectivity index (χ3v) is 10.2. The van der Waals surface area contributed by atoms with E-state index >= 15 is 0 Å². The van der Waals surface area contributed by atoms with Crippen molar-refractivity contribution in [1.82, 2.24) is 22.2 Å². The third-order valence-electron chi connectivity index (χ3n) is 6.48. The molecule has 1 aliphatic rings. The van der Waals surface area contributed by atoms with Crippen LogP contribution < -0.4 is 11.2 Å². The predicted molar refractivity (Wildman–Crippen MR) is 137 cm³/mol. The molecule has 13 heteroatoms. The zero-order chi connectivity index (χ0) is 25.8. The van der Waals surface area contributed by atoms with Gasteiger partial charge in [-0.05, 0) is 80.1 Å². The maximum absolute atomic E-state index is 14.1. The van der Waals surface area contributed by atoms with E-state index in [4.69, 9.17) is 0 Å². The highest BCUT2D eigenvalue weighted by Crippen LogP contribution is 2.46. The number of hydrogen-bond acceptors (Lipinski definition) is 8. The van der Waals surface area contributed by atoms with E-state index in [1.54, 1.807) is 12.1 Å². The molecule has 0 bridgehead atoms. The van der Waals surface area contributed by atoms with Crippen LogP contribution in [0.15, 0.2) is 44.8 Å². The first-order valence-corrected chi connectivity index (χ1v) is 14.2. The van der Waals surface area contributed by atoms with E-state index in [0.29, 0.717) is 23.2 Å². The van der Waals surface area contributed by atoms with Gasteiger partial charge < -0.3 is 0 Å². The molecule has 1 aromatic carbocycles. The largest absolute Gasteiger partial charge is 0.331 e. The third kappa shape index (κ3) is 4.23. The summed E-state index contributed by atoms with van der Waals surface area (Å²) in [5.41, 5.74) is -0.331. The van der Waals surface area contributed by atoms with Crippen LogP contribution in [0.25, 0.3) is 10.9 Å². The Balaban J connectivity index is 1.62. The van der Waals surface area contributed by atoms with Crippen molar-refractivity contribution >= 4 is 44.0 Å². The second kappa shape index (κ2) is 8.98. The Kier molecular flexibility index (Phi) is 6.22. The van der Waals surface area contributed by atoms with E-state index in [-0.39, 0.29) is 23.4 Å². The van der Waals surface area contributed by atoms with Crippen molar-refractivity contribution in [2.24, 2.45) is 7.05 Å². The predicted octanol–water partition coefficient (Wildman–Crippen LogP) is 2.97. The molecule has 36 heavy (non-hydrogen) atoms. The molecule has 0 aliphatic heterocycles. The fraction of sp³-hybridized carbons (Fsp3) is 0.391. The molecule has 0 radical (unpaired) electrons. The summed E-state index contributed by atoms with van der Waals surface area (Å²) in [5.74, 6) is 0. The van der Waals surface area contributed by atoms with Gasteiger partial charge in [0.2, 0.25) is 10.0 Å². The van der Waals surface area contributed by atoms with Crippen molar-refractivity contribution in [1.29, 1.82) is 0 Å². The van der Waals surface area contributed by atoms with Crippen molar-refractivity contribution in [2.75, 3.05) is 6.67 Å². The highest BCUT2D eigenvalue weighted by molar-refractivity contribution is 7.89. The van der Waals surface area contributed by atoms with Crippen molar-refractivity contribution in [3.05, 3.63) is 72.3 Å². The minimum atomic E-state index is -4.17. The fourth-order valence-corrected chi connectivity index (χ4v) is 7.64. The van der Waals surface area contributed by atoms with Gasteiger partial charge in [0, 0.05) is 16.8 Å². The van der Waals surface area contributed by atoms with E-state index in [0.717, 1.165) is 20.8 Å². The number of fused-ring (bicyclic) bond motifs is 1. The number of sulfonamides is 1. The van der Waals surface area contributed by atoms with E-state index in [1.807, 2.05) is 13.8 Å². The SMILES string of the molecule is Cc1cc(CN(C2(CF)CC2)S(=O)(=O)c2ccc3c(c2)c(=O)n(Cc2cc(C)ns2)c(=O)n3C)sn1. The number of benzene rings is 1. The number of rotatable bonds is 8. The average Bonchev–Trinajstić information content (AvgIpc) is 3.36. The second-order valence-corrected chi connectivity index (χ2v) is 12.8. The van der Waals surface area contributed by atoms with Gasteiger partial charge in [0.15, 0.2) is 0 Å². The average molecular weight is 550 g/mol. The Morgan fingerprint density at radius 3 is 2.25 bits per heavy atom. The normalized spacial score (nSPS) is 15.1. The number of aromatic nitrogens is 4. The van der Waals surface area contributed by atoms with Gasteiger partial charge in [0.05, 0.1) is 45.8 Å². The Labute approximate surface area is 214 Å². The van der Waals surface area contributed by atoms with Crippen LogP contribution in [0.2, 0.25) is 0 Å². The Hall–Kier alpha value is -2.74. The summed E-state index contributed by atoms with van der Waals surface area (Å²) >= 11 is 2.38. The molecule has 0 atom stereocenters. The molecule has 0 unspecified atom stereocenters. The van der Waals surface area contributed by atoms with Gasteiger partial charge in [-0.15, -0.1) is 0 Å². The van der Waals surface area contributed by atoms with Crippen molar-refractivity contribution < 1.29 is 12.8 Å². The fourth-order valence-electron chi connectivity index (χ4n) is 4.30. The Morgan fingerprint density at radius 2 is 1.69 bits per heavy atom. The van der Waals surface area contributed by atoms with E-state index in [1.165, 1.54) is 57.2 Å². The molecule has 0 saturated heterocycles. The van der Waals surface area contributed by atoms with Crippen LogP contribution in [0.5, 0.6) is 0 Å². The smallest absolute Gasteiger partial charge is 0.296 e. The zero-order valence-corrected chi connectivity index (χ0v) is 22.3. The standard InChI is InChI=1S/C23H24FN5O4S3/c1-14-8-16(34-25-14)11-28-21(30)19-10-18(4-5-20(19)27(3)22(28)31)36(32,33)29(23(13-24)6-7-23)12-17-9-15(2)26-35-17/h4-5,8-10H,6-7,11-13H2,1-3H3. The summed E-state index contributed by atoms with van der Waals surface area (Å²) in [4.78, 5) is 27.6. The molecule has 0 spiro atoms. The van der Waals surface area contributed by atoms with Crippen LogP contribution in [0.3, 0.4) is 0 Å². The summed E-state index contributed by atoms with van der Waals surface area (Å²) in [6.07, 6.45) is 0.841. The van der Waals surface area contributed by atoms with Crippen LogP contribution in [0, 0.1) is 13.8 Å². The lowest BCUT2D eigenvalue weighted by molar-refractivity contribution is 0.238. The van der Waals surface area contributed by atoms with Gasteiger partial charge in [-0.2, -0.15) is 13.1 Å². The van der Waals surface area contributed by atoms with Gasteiger partial charge in [-0.3, -0.25) is 13.9 Å². The maximum Gasteiger partial charge on any atom is 0.331 e. The first-order chi connectivity index (χ1) is 17.1. The monoisotopic (exact) mass is 549 g/mol. The molecule has 9 nitrogen and oxygen atoms in total. The van der Waals surface area contributed by atoms with Crippen molar-refractivity contribution in [2.45, 2.75) is 50.2 Å². The van der Waals surface area contributed by atoms with Crippen molar-refractivity contribution in [3.63, 3.8) is 0 Å². The van der Waals surface area contributed by atoms with Crippen LogP contribution >= 0.6 is 23.1 Å². The number of aryl methyl sites for hydroxylation is 3. The number of nitrogens with zero attached hydrogens (tertiary/aromatic N) is 5. The molecule has 3 aromatic heterocycles. The molecule has 190 valence electrons. The first-order valence-electron chi connectivity index (χ1n) is 11.2. The minimum absolute atomic E-state index is 0.00195. The minimum Gasteiger partial charge on any atom is -0.296 e. The number of hydrogen-bond donors (Lipinski definition) is 0. The highest BCUT2D eigenvalue weighted by atomic mass is 32.2. The topological polar surface area (TPSA) is 107 Å². The van der Waals surface area contributed by atoms with Gasteiger partial charge >= 0.3 is 5.69 Å². The molecule has 1 saturated carbocycles. The lowest BCUT2D eigenvalue weighted by atomic mass is 10.2. The van der Waals surface area contributed by atoms with E-state index in [9.17, 15) is 22.4 Å². The molecular formula is C23H24FN5O4S3. The summed E-state index contributed by atoms with van der Waals surface area (Å²) in [7, 11) is -2.63. The molecule has 1 fully saturated rings. The van der Waals surface area contributed by atoms with Crippen LogP contribution in [-0.4, -0.2) is 42.8 Å². The van der Waals surface area contributed by atoms with Gasteiger partial charge in [-0.25, -0.2) is 17.6 Å². The zero-order valence-electron chi connectivity index (χ0n) is 19.9. The molecule has 0 N–H and O–H groups in total. The lowest BCUT2D eigenvalue weighted by Crippen LogP contribution is -2.43. The Bertz CT molecular complexity index is 1700. The van der Waals surface area contributed by atoms with Gasteiger partial charge in [-0.1, -0.05) is 0 Å². The maximum atomic E-state index is 14.1. The van der Waals surface area contributed by atoms with Crippen molar-refractivity contribution in [3.8, 4) is 0 Å². The second-order valence-electron chi connectivity index (χ2n) is 9.15. The highest BCUT2D eigenvalue weighted by Gasteiger charge is 2.53. The van der Waals surface area contributed by atoms with Crippen LogP contribution in [-0.2, 0) is 30.2 Å². The van der Waals surface area contributed by atoms with Gasteiger partial charge in [0.25, 0.3) is 5.56 Å². The lowest BCUT2D eigenvalue weighted by Gasteiger charge is -2.29. The number of halogens is 1. The summed E-state index contributed by atoms with van der Waals surface area (Å²) < 4.78 is 53.8.